The molecule has 0 aromatic heterocycles. The van der Waals surface area contributed by atoms with Gasteiger partial charge in [0, 0.05) is 9.30 Å². The van der Waals surface area contributed by atoms with Gasteiger partial charge in [0.05, 0.1) is 0 Å². The molecule has 1 unspecified atom stereocenters. The van der Waals surface area contributed by atoms with Crippen LogP contribution in [0.1, 0.15) is 27.1 Å². The van der Waals surface area contributed by atoms with Crippen molar-refractivity contribution in [3.05, 3.63) is 69.2 Å². The number of hydrogen-bond acceptors (Lipinski definition) is 0. The molecule has 0 N–H and O–H groups in total. The zero-order chi connectivity index (χ0) is 13.1. The third-order valence-corrected chi connectivity index (χ3v) is 4.82. The van der Waals surface area contributed by atoms with Gasteiger partial charge in [-0.25, -0.2) is 0 Å². The summed E-state index contributed by atoms with van der Waals surface area (Å²) in [5.41, 5.74) is 5.35. The Hall–Kier alpha value is -0.600. The maximum absolute atomic E-state index is 3.81. The summed E-state index contributed by atoms with van der Waals surface area (Å²) in [5, 5.41) is 0. The molecule has 0 amide bonds. The van der Waals surface area contributed by atoms with Crippen LogP contribution in [0.4, 0.5) is 0 Å². The Bertz CT molecular complexity index is 547. The van der Waals surface area contributed by atoms with Gasteiger partial charge in [0.15, 0.2) is 0 Å². The van der Waals surface area contributed by atoms with E-state index in [0.29, 0.717) is 4.83 Å². The van der Waals surface area contributed by atoms with Crippen molar-refractivity contribution in [1.82, 2.24) is 0 Å². The lowest BCUT2D eigenvalue weighted by Gasteiger charge is -2.14. The maximum Gasteiger partial charge on any atom is 0.0438 e. The quantitative estimate of drug-likeness (QED) is 0.606. The van der Waals surface area contributed by atoms with Crippen LogP contribution >= 0.6 is 31.9 Å². The van der Waals surface area contributed by atoms with Crippen LogP contribution < -0.4 is 0 Å². The fourth-order valence-electron chi connectivity index (χ4n) is 2.12. The van der Waals surface area contributed by atoms with Crippen LogP contribution in [0.25, 0.3) is 0 Å². The highest BCUT2D eigenvalue weighted by Crippen LogP contribution is 2.32. The van der Waals surface area contributed by atoms with Gasteiger partial charge in [-0.3, -0.25) is 0 Å². The minimum absolute atomic E-state index is 0.358. The molecule has 0 aliphatic heterocycles. The molecule has 0 bridgehead atoms. The van der Waals surface area contributed by atoms with E-state index in [1.807, 2.05) is 0 Å². The molecule has 2 rings (SSSR count). The van der Waals surface area contributed by atoms with Gasteiger partial charge in [0.25, 0.3) is 0 Å². The molecular formula is C16H16Br2. The van der Waals surface area contributed by atoms with Crippen molar-refractivity contribution in [2.45, 2.75) is 25.1 Å². The summed E-state index contributed by atoms with van der Waals surface area (Å²) in [5.74, 6) is 0. The monoisotopic (exact) mass is 366 g/mol. The van der Waals surface area contributed by atoms with Gasteiger partial charge in [-0.1, -0.05) is 73.8 Å². The van der Waals surface area contributed by atoms with E-state index in [-0.39, 0.29) is 0 Å². The second-order valence-corrected chi connectivity index (χ2v) is 6.57. The molecule has 2 aromatic carbocycles. The summed E-state index contributed by atoms with van der Waals surface area (Å²) in [6, 6.07) is 15.1. The number of alkyl halides is 1. The van der Waals surface area contributed by atoms with Gasteiger partial charge < -0.3 is 0 Å². The van der Waals surface area contributed by atoms with Crippen LogP contribution in [-0.4, -0.2) is 0 Å². The van der Waals surface area contributed by atoms with Gasteiger partial charge in [0.1, 0.15) is 0 Å². The number of hydrogen-bond donors (Lipinski definition) is 0. The zero-order valence-electron chi connectivity index (χ0n) is 10.6. The van der Waals surface area contributed by atoms with Gasteiger partial charge in [-0.15, -0.1) is 0 Å². The smallest absolute Gasteiger partial charge is 0.0438 e. The first kappa shape index (κ1) is 13.8. The van der Waals surface area contributed by atoms with Crippen LogP contribution in [0.15, 0.2) is 46.9 Å². The summed E-state index contributed by atoms with van der Waals surface area (Å²) in [7, 11) is 0. The lowest BCUT2D eigenvalue weighted by Crippen LogP contribution is -1.98. The van der Waals surface area contributed by atoms with E-state index in [1.165, 1.54) is 26.7 Å². The van der Waals surface area contributed by atoms with E-state index in [2.05, 4.69) is 88.2 Å². The number of halogens is 2. The highest BCUT2D eigenvalue weighted by atomic mass is 79.9. The average Bonchev–Trinajstić information content (AvgIpc) is 2.32. The zero-order valence-corrected chi connectivity index (χ0v) is 13.8. The Balaban J connectivity index is 2.22. The predicted octanol–water partition coefficient (Wildman–Crippen LogP) is 5.74. The summed E-state index contributed by atoms with van der Waals surface area (Å²) in [6.07, 6.45) is 1.01. The molecule has 0 aliphatic carbocycles. The molecular weight excluding hydrogens is 352 g/mol. The van der Waals surface area contributed by atoms with Gasteiger partial charge >= 0.3 is 0 Å². The van der Waals surface area contributed by atoms with E-state index in [1.54, 1.807) is 0 Å². The van der Waals surface area contributed by atoms with Gasteiger partial charge in [0.2, 0.25) is 0 Å². The summed E-state index contributed by atoms with van der Waals surface area (Å²) < 4.78 is 1.17. The topological polar surface area (TPSA) is 0 Å². The first-order valence-corrected chi connectivity index (χ1v) is 7.73. The SMILES string of the molecule is Cc1cccc(CC(Br)c2cccc(Br)c2C)c1. The molecule has 2 aromatic rings. The van der Waals surface area contributed by atoms with Crippen molar-refractivity contribution in [3.8, 4) is 0 Å². The second kappa shape index (κ2) is 6.03. The highest BCUT2D eigenvalue weighted by Gasteiger charge is 2.12. The number of rotatable bonds is 3. The first-order chi connectivity index (χ1) is 8.58. The van der Waals surface area contributed by atoms with E-state index in [9.17, 15) is 0 Å². The van der Waals surface area contributed by atoms with Crippen LogP contribution in [0, 0.1) is 13.8 Å². The summed E-state index contributed by atoms with van der Waals surface area (Å²) in [4.78, 5) is 0.358. The fourth-order valence-corrected chi connectivity index (χ4v) is 3.37. The van der Waals surface area contributed by atoms with Crippen molar-refractivity contribution in [2.24, 2.45) is 0 Å². The molecule has 0 saturated carbocycles. The van der Waals surface area contributed by atoms with E-state index >= 15 is 0 Å². The van der Waals surface area contributed by atoms with Crippen molar-refractivity contribution in [2.75, 3.05) is 0 Å². The van der Waals surface area contributed by atoms with Gasteiger partial charge in [-0.2, -0.15) is 0 Å². The Morgan fingerprint density at radius 3 is 2.50 bits per heavy atom. The van der Waals surface area contributed by atoms with E-state index in [0.717, 1.165) is 6.42 Å². The Morgan fingerprint density at radius 2 is 1.78 bits per heavy atom. The van der Waals surface area contributed by atoms with E-state index < -0.39 is 0 Å². The Kier molecular flexibility index (Phi) is 4.63. The summed E-state index contributed by atoms with van der Waals surface area (Å²) >= 11 is 7.40. The minimum atomic E-state index is 0.358. The minimum Gasteiger partial charge on any atom is -0.0835 e. The molecule has 1 atom stereocenters. The lowest BCUT2D eigenvalue weighted by atomic mass is 10.00. The Labute approximate surface area is 126 Å². The van der Waals surface area contributed by atoms with Crippen LogP contribution in [0.2, 0.25) is 0 Å². The molecule has 0 heterocycles. The molecule has 94 valence electrons. The van der Waals surface area contributed by atoms with Crippen LogP contribution in [-0.2, 0) is 6.42 Å². The van der Waals surface area contributed by atoms with Crippen molar-refractivity contribution >= 4 is 31.9 Å². The third kappa shape index (κ3) is 3.24. The Morgan fingerprint density at radius 1 is 1.06 bits per heavy atom. The molecule has 0 spiro atoms. The maximum atomic E-state index is 3.81. The molecule has 18 heavy (non-hydrogen) atoms. The third-order valence-electron chi connectivity index (χ3n) is 3.14. The van der Waals surface area contributed by atoms with Crippen LogP contribution in [0.3, 0.4) is 0 Å². The first-order valence-electron chi connectivity index (χ1n) is 6.02. The molecule has 2 heteroatoms. The molecule has 0 nitrogen and oxygen atoms in total. The van der Waals surface area contributed by atoms with Crippen molar-refractivity contribution < 1.29 is 0 Å². The molecule has 0 aliphatic rings. The van der Waals surface area contributed by atoms with Gasteiger partial charge in [-0.05, 0) is 43.0 Å². The molecule has 0 saturated heterocycles. The number of benzene rings is 2. The standard InChI is InChI=1S/C16H16Br2/c1-11-5-3-6-13(9-11)10-16(18)14-7-4-8-15(17)12(14)2/h3-9,16H,10H2,1-2H3. The van der Waals surface area contributed by atoms with Crippen molar-refractivity contribution in [3.63, 3.8) is 0 Å². The predicted molar refractivity (Wildman–Crippen MR) is 85.4 cm³/mol. The highest BCUT2D eigenvalue weighted by molar-refractivity contribution is 9.10. The van der Waals surface area contributed by atoms with Crippen molar-refractivity contribution in [1.29, 1.82) is 0 Å². The normalized spacial score (nSPS) is 12.4. The van der Waals surface area contributed by atoms with Crippen LogP contribution in [0.5, 0.6) is 0 Å². The summed E-state index contributed by atoms with van der Waals surface area (Å²) in [6.45, 7) is 4.29. The lowest BCUT2D eigenvalue weighted by molar-refractivity contribution is 0.935. The largest absolute Gasteiger partial charge is 0.0835 e. The average molecular weight is 368 g/mol. The number of aryl methyl sites for hydroxylation is 1. The second-order valence-electron chi connectivity index (χ2n) is 4.61. The van der Waals surface area contributed by atoms with E-state index in [4.69, 9.17) is 0 Å². The molecule has 0 fully saturated rings. The fraction of sp³-hybridized carbons (Fsp3) is 0.250. The molecule has 0 radical (unpaired) electrons.